The van der Waals surface area contributed by atoms with E-state index in [1.165, 1.54) is 12.0 Å². The molecule has 0 unspecified atom stereocenters. The van der Waals surface area contributed by atoms with Crippen LogP contribution in [-0.2, 0) is 26.3 Å². The Morgan fingerprint density at radius 2 is 1.96 bits per heavy atom. The molecule has 2 aromatic rings. The average molecular weight is 369 g/mol. The fourth-order valence-corrected chi connectivity index (χ4v) is 3.60. The normalized spacial score (nSPS) is 15.0. The Morgan fingerprint density at radius 3 is 2.56 bits per heavy atom. The van der Waals surface area contributed by atoms with E-state index < -0.39 is 0 Å². The lowest BCUT2D eigenvalue weighted by molar-refractivity contribution is -0.148. The standard InChI is InChI=1S/C21H27N3O3/c1-16-13-17(2)24(23-16)12-9-20(26)27-14-19(25)22-15-21(10-6-11-21)18-7-4-3-5-8-18/h3-5,7-8,13H,6,9-12,14-15H2,1-2H3,(H,22,25). The maximum atomic E-state index is 12.1. The van der Waals surface area contributed by atoms with Gasteiger partial charge in [-0.1, -0.05) is 36.8 Å². The second-order valence-corrected chi connectivity index (χ2v) is 7.34. The van der Waals surface area contributed by atoms with E-state index in [0.29, 0.717) is 13.1 Å². The molecule has 1 aromatic heterocycles. The van der Waals surface area contributed by atoms with Gasteiger partial charge in [0.25, 0.3) is 5.91 Å². The Hall–Kier alpha value is -2.63. The molecule has 1 aliphatic carbocycles. The number of carbonyl (C=O) groups is 2. The van der Waals surface area contributed by atoms with Crippen molar-refractivity contribution in [1.29, 1.82) is 0 Å². The van der Waals surface area contributed by atoms with E-state index in [9.17, 15) is 9.59 Å². The van der Waals surface area contributed by atoms with Crippen molar-refractivity contribution in [3.63, 3.8) is 0 Å². The predicted molar refractivity (Wildman–Crippen MR) is 102 cm³/mol. The van der Waals surface area contributed by atoms with Gasteiger partial charge in [-0.05, 0) is 38.3 Å². The third kappa shape index (κ3) is 4.76. The first kappa shape index (κ1) is 19.1. The van der Waals surface area contributed by atoms with E-state index in [1.807, 2.05) is 38.1 Å². The van der Waals surface area contributed by atoms with Gasteiger partial charge in [-0.2, -0.15) is 5.10 Å². The van der Waals surface area contributed by atoms with Gasteiger partial charge in [0.15, 0.2) is 6.61 Å². The highest BCUT2D eigenvalue weighted by Crippen LogP contribution is 2.43. The number of carbonyl (C=O) groups excluding carboxylic acids is 2. The Kier molecular flexibility index (Phi) is 5.94. The summed E-state index contributed by atoms with van der Waals surface area (Å²) in [6.07, 6.45) is 3.51. The van der Waals surface area contributed by atoms with Crippen molar-refractivity contribution in [2.24, 2.45) is 0 Å². The molecule has 0 spiro atoms. The summed E-state index contributed by atoms with van der Waals surface area (Å²) in [5.41, 5.74) is 3.21. The summed E-state index contributed by atoms with van der Waals surface area (Å²) in [6.45, 7) is 4.66. The summed E-state index contributed by atoms with van der Waals surface area (Å²) in [7, 11) is 0. The third-order valence-corrected chi connectivity index (χ3v) is 5.32. The van der Waals surface area contributed by atoms with Crippen LogP contribution in [0.2, 0.25) is 0 Å². The van der Waals surface area contributed by atoms with Gasteiger partial charge in [0, 0.05) is 17.7 Å². The highest BCUT2D eigenvalue weighted by Gasteiger charge is 2.38. The summed E-state index contributed by atoms with van der Waals surface area (Å²) in [5.74, 6) is -0.643. The van der Waals surface area contributed by atoms with Crippen LogP contribution in [-0.4, -0.2) is 34.8 Å². The lowest BCUT2D eigenvalue weighted by Crippen LogP contribution is -2.46. The highest BCUT2D eigenvalue weighted by atomic mass is 16.5. The number of ether oxygens (including phenoxy) is 1. The largest absolute Gasteiger partial charge is 0.456 e. The Bertz CT molecular complexity index is 794. The van der Waals surface area contributed by atoms with E-state index >= 15 is 0 Å². The van der Waals surface area contributed by atoms with Crippen molar-refractivity contribution in [1.82, 2.24) is 15.1 Å². The van der Waals surface area contributed by atoms with E-state index in [2.05, 4.69) is 22.5 Å². The first-order chi connectivity index (χ1) is 13.0. The monoisotopic (exact) mass is 369 g/mol. The van der Waals surface area contributed by atoms with E-state index in [-0.39, 0.29) is 30.3 Å². The smallest absolute Gasteiger partial charge is 0.308 e. The lowest BCUT2D eigenvalue weighted by Gasteiger charge is -2.42. The van der Waals surface area contributed by atoms with Gasteiger partial charge in [0.2, 0.25) is 0 Å². The fraction of sp³-hybridized carbons (Fsp3) is 0.476. The average Bonchev–Trinajstić information content (AvgIpc) is 2.95. The van der Waals surface area contributed by atoms with E-state index in [4.69, 9.17) is 4.74 Å². The lowest BCUT2D eigenvalue weighted by atomic mass is 9.64. The first-order valence-electron chi connectivity index (χ1n) is 9.47. The van der Waals surface area contributed by atoms with Crippen LogP contribution in [0.1, 0.15) is 42.6 Å². The van der Waals surface area contributed by atoms with Crippen molar-refractivity contribution in [2.75, 3.05) is 13.2 Å². The summed E-state index contributed by atoms with van der Waals surface area (Å²) in [5, 5.41) is 7.24. The Labute approximate surface area is 159 Å². The molecule has 3 rings (SSSR count). The molecule has 0 aliphatic heterocycles. The number of aryl methyl sites for hydroxylation is 3. The molecule has 0 radical (unpaired) electrons. The second-order valence-electron chi connectivity index (χ2n) is 7.34. The van der Waals surface area contributed by atoms with Crippen LogP contribution < -0.4 is 5.32 Å². The molecule has 6 heteroatoms. The number of aromatic nitrogens is 2. The van der Waals surface area contributed by atoms with Gasteiger partial charge in [0.05, 0.1) is 18.7 Å². The zero-order valence-electron chi connectivity index (χ0n) is 16.0. The van der Waals surface area contributed by atoms with Crippen LogP contribution >= 0.6 is 0 Å². The number of esters is 1. The summed E-state index contributed by atoms with van der Waals surface area (Å²) >= 11 is 0. The van der Waals surface area contributed by atoms with Crippen molar-refractivity contribution < 1.29 is 14.3 Å². The number of benzene rings is 1. The first-order valence-corrected chi connectivity index (χ1v) is 9.47. The quantitative estimate of drug-likeness (QED) is 0.726. The summed E-state index contributed by atoms with van der Waals surface area (Å²) in [6, 6.07) is 12.3. The van der Waals surface area contributed by atoms with Crippen LogP contribution in [0.25, 0.3) is 0 Å². The van der Waals surface area contributed by atoms with Crippen LogP contribution in [0.3, 0.4) is 0 Å². The van der Waals surface area contributed by atoms with Gasteiger partial charge >= 0.3 is 5.97 Å². The molecule has 1 N–H and O–H groups in total. The number of nitrogens with one attached hydrogen (secondary N) is 1. The topological polar surface area (TPSA) is 73.2 Å². The van der Waals surface area contributed by atoms with Gasteiger partial charge in [0.1, 0.15) is 0 Å². The predicted octanol–water partition coefficient (Wildman–Crippen LogP) is 2.67. The fourth-order valence-electron chi connectivity index (χ4n) is 3.60. The number of hydrogen-bond donors (Lipinski definition) is 1. The van der Waals surface area contributed by atoms with Crippen LogP contribution in [0.15, 0.2) is 36.4 Å². The molecule has 1 fully saturated rings. The second kappa shape index (κ2) is 8.37. The molecular formula is C21H27N3O3. The van der Waals surface area contributed by atoms with Gasteiger partial charge < -0.3 is 10.1 Å². The molecule has 27 heavy (non-hydrogen) atoms. The molecule has 6 nitrogen and oxygen atoms in total. The maximum absolute atomic E-state index is 12.1. The molecule has 1 heterocycles. The van der Waals surface area contributed by atoms with Gasteiger partial charge in [-0.3, -0.25) is 14.3 Å². The Balaban J connectivity index is 1.40. The number of nitrogens with zero attached hydrogens (tertiary/aromatic N) is 2. The van der Waals surface area contributed by atoms with Gasteiger partial charge in [-0.15, -0.1) is 0 Å². The maximum Gasteiger partial charge on any atom is 0.308 e. The number of hydrogen-bond acceptors (Lipinski definition) is 4. The minimum absolute atomic E-state index is 0.0242. The molecule has 0 saturated heterocycles. The van der Waals surface area contributed by atoms with Crippen LogP contribution in [0.5, 0.6) is 0 Å². The van der Waals surface area contributed by atoms with E-state index in [1.54, 1.807) is 4.68 Å². The minimum Gasteiger partial charge on any atom is -0.456 e. The molecule has 1 amide bonds. The highest BCUT2D eigenvalue weighted by molar-refractivity contribution is 5.80. The van der Waals surface area contributed by atoms with Crippen LogP contribution in [0, 0.1) is 13.8 Å². The molecular weight excluding hydrogens is 342 g/mol. The zero-order chi connectivity index (χ0) is 19.3. The molecule has 0 atom stereocenters. The molecule has 0 bridgehead atoms. The Morgan fingerprint density at radius 1 is 1.22 bits per heavy atom. The summed E-state index contributed by atoms with van der Waals surface area (Å²) < 4.78 is 6.88. The van der Waals surface area contributed by atoms with Crippen molar-refractivity contribution in [2.45, 2.75) is 51.5 Å². The third-order valence-electron chi connectivity index (χ3n) is 5.32. The molecule has 1 saturated carbocycles. The van der Waals surface area contributed by atoms with Gasteiger partial charge in [-0.25, -0.2) is 0 Å². The summed E-state index contributed by atoms with van der Waals surface area (Å²) in [4.78, 5) is 24.0. The zero-order valence-corrected chi connectivity index (χ0v) is 16.0. The van der Waals surface area contributed by atoms with E-state index in [0.717, 1.165) is 24.2 Å². The molecule has 1 aliphatic rings. The number of rotatable bonds is 8. The van der Waals surface area contributed by atoms with Crippen molar-refractivity contribution >= 4 is 11.9 Å². The SMILES string of the molecule is Cc1cc(C)n(CCC(=O)OCC(=O)NCC2(c3ccccc3)CCC2)n1. The molecule has 1 aromatic carbocycles. The van der Waals surface area contributed by atoms with Crippen molar-refractivity contribution in [3.05, 3.63) is 53.3 Å². The van der Waals surface area contributed by atoms with Crippen molar-refractivity contribution in [3.8, 4) is 0 Å². The minimum atomic E-state index is -0.390. The molecule has 144 valence electrons. The van der Waals surface area contributed by atoms with Crippen LogP contribution in [0.4, 0.5) is 0 Å². The number of amides is 1.